The fourth-order valence-electron chi connectivity index (χ4n) is 2.84. The Morgan fingerprint density at radius 2 is 1.59 bits per heavy atom. The first-order chi connectivity index (χ1) is 10.7. The summed E-state index contributed by atoms with van der Waals surface area (Å²) in [5, 5.41) is 6.27. The van der Waals surface area contributed by atoms with E-state index >= 15 is 0 Å². The summed E-state index contributed by atoms with van der Waals surface area (Å²) in [5.41, 5.74) is 3.96. The number of rotatable bonds is 4. The van der Waals surface area contributed by atoms with Gasteiger partial charge in [-0.1, -0.05) is 24.3 Å². The van der Waals surface area contributed by atoms with Crippen LogP contribution in [-0.4, -0.2) is 19.0 Å². The van der Waals surface area contributed by atoms with E-state index in [1.165, 1.54) is 5.69 Å². The molecule has 0 saturated carbocycles. The number of carbonyl (C=O) groups is 1. The van der Waals surface area contributed by atoms with Gasteiger partial charge < -0.3 is 15.5 Å². The maximum Gasteiger partial charge on any atom is 0.251 e. The van der Waals surface area contributed by atoms with Gasteiger partial charge in [-0.05, 0) is 43.7 Å². The molecule has 0 aromatic heterocycles. The van der Waals surface area contributed by atoms with Crippen molar-refractivity contribution >= 4 is 23.0 Å². The number of hydrogen-bond donors (Lipinski definition) is 2. The molecule has 1 atom stereocenters. The van der Waals surface area contributed by atoms with Gasteiger partial charge in [0.05, 0.1) is 11.4 Å². The molecule has 3 rings (SSSR count). The maximum atomic E-state index is 12.3. The highest BCUT2D eigenvalue weighted by molar-refractivity contribution is 6.03. The van der Waals surface area contributed by atoms with Crippen LogP contribution in [0.5, 0.6) is 0 Å². The number of nitrogens with zero attached hydrogens (tertiary/aromatic N) is 1. The molecule has 0 fully saturated rings. The van der Waals surface area contributed by atoms with Crippen LogP contribution >= 0.6 is 0 Å². The summed E-state index contributed by atoms with van der Waals surface area (Å²) in [4.78, 5) is 14.6. The van der Waals surface area contributed by atoms with Crippen molar-refractivity contribution in [3.63, 3.8) is 0 Å². The van der Waals surface area contributed by atoms with Gasteiger partial charge in [0.1, 0.15) is 6.04 Å². The third-order valence-electron chi connectivity index (χ3n) is 4.10. The lowest BCUT2D eigenvalue weighted by molar-refractivity contribution is -0.117. The predicted molar refractivity (Wildman–Crippen MR) is 91.4 cm³/mol. The van der Waals surface area contributed by atoms with Crippen LogP contribution in [0.1, 0.15) is 25.5 Å². The Kier molecular flexibility index (Phi) is 4.00. The Labute approximate surface area is 131 Å². The zero-order valence-corrected chi connectivity index (χ0v) is 13.0. The number of benzene rings is 2. The van der Waals surface area contributed by atoms with Gasteiger partial charge in [-0.15, -0.1) is 0 Å². The summed E-state index contributed by atoms with van der Waals surface area (Å²) in [6.07, 6.45) is 0. The van der Waals surface area contributed by atoms with Crippen LogP contribution in [0.3, 0.4) is 0 Å². The summed E-state index contributed by atoms with van der Waals surface area (Å²) in [6.45, 7) is 6.24. The van der Waals surface area contributed by atoms with E-state index in [4.69, 9.17) is 0 Å². The minimum atomic E-state index is -0.347. The minimum Gasteiger partial charge on any atom is -0.372 e. The molecule has 2 N–H and O–H groups in total. The highest BCUT2D eigenvalue weighted by Crippen LogP contribution is 2.32. The number of para-hydroxylation sites is 2. The Bertz CT molecular complexity index is 662. The molecule has 0 aliphatic carbocycles. The fraction of sp³-hybridized carbons (Fsp3) is 0.278. The van der Waals surface area contributed by atoms with Crippen molar-refractivity contribution in [1.29, 1.82) is 0 Å². The van der Waals surface area contributed by atoms with Gasteiger partial charge in [0.15, 0.2) is 0 Å². The number of hydrogen-bond acceptors (Lipinski definition) is 3. The molecule has 0 radical (unpaired) electrons. The third-order valence-corrected chi connectivity index (χ3v) is 4.10. The van der Waals surface area contributed by atoms with Gasteiger partial charge in [-0.2, -0.15) is 0 Å². The Morgan fingerprint density at radius 1 is 0.955 bits per heavy atom. The molecule has 4 nitrogen and oxygen atoms in total. The fourth-order valence-corrected chi connectivity index (χ4v) is 2.84. The lowest BCUT2D eigenvalue weighted by Crippen LogP contribution is -2.31. The lowest BCUT2D eigenvalue weighted by Gasteiger charge is -2.27. The van der Waals surface area contributed by atoms with Crippen LogP contribution in [0.15, 0.2) is 48.5 Å². The SMILES string of the molecule is CCN(CC)c1ccc(C2Nc3ccccc3NC2=O)cc1. The summed E-state index contributed by atoms with van der Waals surface area (Å²) >= 11 is 0. The van der Waals surface area contributed by atoms with Crippen molar-refractivity contribution < 1.29 is 4.79 Å². The Morgan fingerprint density at radius 3 is 2.23 bits per heavy atom. The number of nitrogens with one attached hydrogen (secondary N) is 2. The van der Waals surface area contributed by atoms with Gasteiger partial charge in [-0.25, -0.2) is 0 Å². The van der Waals surface area contributed by atoms with Gasteiger partial charge in [0.25, 0.3) is 5.91 Å². The molecule has 114 valence electrons. The molecule has 4 heteroatoms. The van der Waals surface area contributed by atoms with Gasteiger partial charge >= 0.3 is 0 Å². The predicted octanol–water partition coefficient (Wildman–Crippen LogP) is 3.64. The molecule has 0 saturated heterocycles. The Hall–Kier alpha value is -2.49. The van der Waals surface area contributed by atoms with Crippen LogP contribution in [-0.2, 0) is 4.79 Å². The van der Waals surface area contributed by atoms with Crippen molar-refractivity contribution in [2.75, 3.05) is 28.6 Å². The monoisotopic (exact) mass is 295 g/mol. The molecule has 2 aromatic rings. The summed E-state index contributed by atoms with van der Waals surface area (Å²) < 4.78 is 0. The van der Waals surface area contributed by atoms with E-state index < -0.39 is 0 Å². The van der Waals surface area contributed by atoms with E-state index in [1.807, 2.05) is 36.4 Å². The first-order valence-corrected chi connectivity index (χ1v) is 7.74. The molecule has 1 heterocycles. The van der Waals surface area contributed by atoms with Crippen molar-refractivity contribution in [2.24, 2.45) is 0 Å². The first-order valence-electron chi connectivity index (χ1n) is 7.74. The molecule has 1 aliphatic heterocycles. The molecule has 0 bridgehead atoms. The Balaban J connectivity index is 1.84. The highest BCUT2D eigenvalue weighted by atomic mass is 16.2. The first kappa shape index (κ1) is 14.4. The van der Waals surface area contributed by atoms with E-state index in [2.05, 4.69) is 41.5 Å². The molecule has 1 aliphatic rings. The van der Waals surface area contributed by atoms with Crippen LogP contribution in [0.25, 0.3) is 0 Å². The second kappa shape index (κ2) is 6.10. The second-order valence-electron chi connectivity index (χ2n) is 5.38. The van der Waals surface area contributed by atoms with Crippen LogP contribution in [0.2, 0.25) is 0 Å². The topological polar surface area (TPSA) is 44.4 Å². The summed E-state index contributed by atoms with van der Waals surface area (Å²) in [5.74, 6) is -0.0192. The normalized spacial score (nSPS) is 16.5. The van der Waals surface area contributed by atoms with Crippen molar-refractivity contribution in [3.8, 4) is 0 Å². The van der Waals surface area contributed by atoms with Gasteiger partial charge in [0, 0.05) is 18.8 Å². The van der Waals surface area contributed by atoms with E-state index in [0.29, 0.717) is 0 Å². The quantitative estimate of drug-likeness (QED) is 0.905. The van der Waals surface area contributed by atoms with E-state index in [-0.39, 0.29) is 11.9 Å². The smallest absolute Gasteiger partial charge is 0.251 e. The number of fused-ring (bicyclic) bond motifs is 1. The molecule has 0 spiro atoms. The number of carbonyl (C=O) groups excluding carboxylic acids is 1. The van der Waals surface area contributed by atoms with E-state index in [9.17, 15) is 4.79 Å². The third kappa shape index (κ3) is 2.64. The minimum absolute atomic E-state index is 0.0192. The van der Waals surface area contributed by atoms with Crippen molar-refractivity contribution in [1.82, 2.24) is 0 Å². The van der Waals surface area contributed by atoms with Crippen LogP contribution in [0.4, 0.5) is 17.1 Å². The molecule has 1 amide bonds. The molecule has 2 aromatic carbocycles. The van der Waals surface area contributed by atoms with Crippen molar-refractivity contribution in [2.45, 2.75) is 19.9 Å². The summed E-state index contributed by atoms with van der Waals surface area (Å²) in [7, 11) is 0. The summed E-state index contributed by atoms with van der Waals surface area (Å²) in [6, 6.07) is 15.6. The van der Waals surface area contributed by atoms with Crippen molar-refractivity contribution in [3.05, 3.63) is 54.1 Å². The van der Waals surface area contributed by atoms with E-state index in [1.54, 1.807) is 0 Å². The molecular weight excluding hydrogens is 274 g/mol. The average Bonchev–Trinajstić information content (AvgIpc) is 2.56. The van der Waals surface area contributed by atoms with Gasteiger partial charge in [0.2, 0.25) is 0 Å². The zero-order chi connectivity index (χ0) is 15.5. The van der Waals surface area contributed by atoms with E-state index in [0.717, 1.165) is 30.0 Å². The molecule has 1 unspecified atom stereocenters. The zero-order valence-electron chi connectivity index (χ0n) is 13.0. The maximum absolute atomic E-state index is 12.3. The second-order valence-corrected chi connectivity index (χ2v) is 5.38. The highest BCUT2D eigenvalue weighted by Gasteiger charge is 2.26. The van der Waals surface area contributed by atoms with Crippen LogP contribution < -0.4 is 15.5 Å². The van der Waals surface area contributed by atoms with Crippen LogP contribution in [0, 0.1) is 0 Å². The van der Waals surface area contributed by atoms with Gasteiger partial charge in [-0.3, -0.25) is 4.79 Å². The molecule has 22 heavy (non-hydrogen) atoms. The average molecular weight is 295 g/mol. The number of anilines is 3. The molecular formula is C18H21N3O. The lowest BCUT2D eigenvalue weighted by atomic mass is 10.0. The standard InChI is InChI=1S/C18H21N3O/c1-3-21(4-2)14-11-9-13(10-12-14)17-18(22)20-16-8-6-5-7-15(16)19-17/h5-12,17,19H,3-4H2,1-2H3,(H,20,22). The number of amides is 1. The largest absolute Gasteiger partial charge is 0.372 e.